The largest absolute Gasteiger partial charge is 0.388 e. The molecule has 0 spiro atoms. The van der Waals surface area contributed by atoms with E-state index in [1.807, 2.05) is 18.8 Å². The maximum Gasteiger partial charge on any atom is 0.0447 e. The van der Waals surface area contributed by atoms with E-state index in [2.05, 4.69) is 148 Å². The van der Waals surface area contributed by atoms with E-state index in [0.29, 0.717) is 0 Å². The third kappa shape index (κ3) is 6.32. The van der Waals surface area contributed by atoms with Gasteiger partial charge >= 0.3 is 0 Å². The van der Waals surface area contributed by atoms with E-state index in [1.165, 1.54) is 55.6 Å². The second kappa shape index (κ2) is 12.8. The van der Waals surface area contributed by atoms with Gasteiger partial charge in [-0.3, -0.25) is 0 Å². The van der Waals surface area contributed by atoms with E-state index in [9.17, 15) is 0 Å². The first-order chi connectivity index (χ1) is 20.2. The number of nitrogens with one attached hydrogen (secondary N) is 1. The summed E-state index contributed by atoms with van der Waals surface area (Å²) in [5.41, 5.74) is 9.72. The Balaban J connectivity index is 1.42. The summed E-state index contributed by atoms with van der Waals surface area (Å²) in [6.45, 7) is 9.40. The second-order valence-electron chi connectivity index (χ2n) is 12.7. The zero-order chi connectivity index (χ0) is 29.7. The number of para-hydroxylation sites is 2. The molecule has 3 heteroatoms. The normalized spacial score (nSPS) is 18.8. The molecule has 42 heavy (non-hydrogen) atoms. The zero-order valence-corrected chi connectivity index (χ0v) is 27.0. The van der Waals surface area contributed by atoms with Crippen molar-refractivity contribution >= 4 is 23.1 Å². The van der Waals surface area contributed by atoms with Crippen molar-refractivity contribution in [2.45, 2.75) is 75.5 Å². The van der Waals surface area contributed by atoms with Crippen molar-refractivity contribution in [2.75, 3.05) is 24.3 Å². The van der Waals surface area contributed by atoms with Crippen LogP contribution in [0.15, 0.2) is 130 Å². The van der Waals surface area contributed by atoms with Crippen molar-refractivity contribution in [2.24, 2.45) is 0 Å². The lowest BCUT2D eigenvalue weighted by Gasteiger charge is -2.27. The van der Waals surface area contributed by atoms with Gasteiger partial charge in [-0.05, 0) is 84.1 Å². The molecule has 0 saturated carbocycles. The van der Waals surface area contributed by atoms with Crippen molar-refractivity contribution in [3.8, 4) is 0 Å². The lowest BCUT2D eigenvalue weighted by Crippen LogP contribution is -2.22. The summed E-state index contributed by atoms with van der Waals surface area (Å²) in [5, 5.41) is 3.38. The molecular formula is C39H46N2S. The third-order valence-corrected chi connectivity index (χ3v) is 10.2. The van der Waals surface area contributed by atoms with Crippen LogP contribution in [0.5, 0.6) is 0 Å². The number of allylic oxidation sites excluding steroid dienone is 7. The molecule has 0 bridgehead atoms. The third-order valence-electron chi connectivity index (χ3n) is 8.93. The Morgan fingerprint density at radius 3 is 2.38 bits per heavy atom. The lowest BCUT2D eigenvalue weighted by atomic mass is 9.80. The van der Waals surface area contributed by atoms with Crippen LogP contribution in [0, 0.1) is 0 Å². The fraction of sp³-hybridized carbons (Fsp3) is 0.333. The maximum atomic E-state index is 3.38. The summed E-state index contributed by atoms with van der Waals surface area (Å²) in [6, 6.07) is 28.4. The van der Waals surface area contributed by atoms with Gasteiger partial charge in [-0.15, -0.1) is 0 Å². The molecule has 0 atom stereocenters. The number of hydrogen-bond donors (Lipinski definition) is 1. The van der Waals surface area contributed by atoms with Crippen LogP contribution in [-0.2, 0) is 10.8 Å². The Kier molecular flexibility index (Phi) is 9.18. The molecule has 2 nitrogen and oxygen atoms in total. The lowest BCUT2D eigenvalue weighted by molar-refractivity contribution is 0.535. The Morgan fingerprint density at radius 1 is 0.905 bits per heavy atom. The molecule has 1 N–H and O–H groups in total. The zero-order valence-electron chi connectivity index (χ0n) is 26.2. The fourth-order valence-electron chi connectivity index (χ4n) is 6.58. The predicted molar refractivity (Wildman–Crippen MR) is 185 cm³/mol. The van der Waals surface area contributed by atoms with Gasteiger partial charge in [-0.1, -0.05) is 118 Å². The Labute approximate surface area is 258 Å². The van der Waals surface area contributed by atoms with Gasteiger partial charge in [0.2, 0.25) is 0 Å². The number of hydrogen-bond acceptors (Lipinski definition) is 3. The number of thioether (sulfide) groups is 1. The number of benzene rings is 3. The molecule has 218 valence electrons. The fourth-order valence-corrected chi connectivity index (χ4v) is 7.72. The molecule has 1 aliphatic carbocycles. The van der Waals surface area contributed by atoms with Crippen LogP contribution in [0.1, 0.15) is 70.9 Å². The van der Waals surface area contributed by atoms with Gasteiger partial charge in [0.25, 0.3) is 0 Å². The van der Waals surface area contributed by atoms with E-state index < -0.39 is 0 Å². The molecule has 1 aliphatic heterocycles. The minimum Gasteiger partial charge on any atom is -0.388 e. The van der Waals surface area contributed by atoms with Crippen molar-refractivity contribution in [1.29, 1.82) is 0 Å². The summed E-state index contributed by atoms with van der Waals surface area (Å²) in [4.78, 5) is 5.13. The molecule has 2 aliphatic rings. The van der Waals surface area contributed by atoms with Gasteiger partial charge in [0, 0.05) is 46.4 Å². The summed E-state index contributed by atoms with van der Waals surface area (Å²) in [5.74, 6) is 0. The first-order valence-corrected chi connectivity index (χ1v) is 16.2. The molecule has 3 aromatic rings. The highest BCUT2D eigenvalue weighted by atomic mass is 32.2. The molecule has 0 saturated heterocycles. The van der Waals surface area contributed by atoms with Gasteiger partial charge in [0.1, 0.15) is 0 Å². The molecule has 0 fully saturated rings. The molecular weight excluding hydrogens is 529 g/mol. The average Bonchev–Trinajstić information content (AvgIpc) is 3.19. The first-order valence-electron chi connectivity index (χ1n) is 15.4. The molecule has 0 radical (unpaired) electrons. The summed E-state index contributed by atoms with van der Waals surface area (Å²) < 4.78 is 0. The smallest absolute Gasteiger partial charge is 0.0447 e. The molecule has 0 unspecified atom stereocenters. The number of rotatable bonds is 9. The van der Waals surface area contributed by atoms with Crippen LogP contribution < -0.4 is 10.2 Å². The van der Waals surface area contributed by atoms with Crippen LogP contribution in [0.2, 0.25) is 0 Å². The van der Waals surface area contributed by atoms with E-state index in [4.69, 9.17) is 0 Å². The monoisotopic (exact) mass is 574 g/mol. The minimum atomic E-state index is 0.0144. The second-order valence-corrected chi connectivity index (χ2v) is 13.7. The van der Waals surface area contributed by atoms with Crippen molar-refractivity contribution in [3.63, 3.8) is 0 Å². The Hall–Kier alpha value is -3.43. The number of nitrogens with zero attached hydrogens (tertiary/aromatic N) is 1. The van der Waals surface area contributed by atoms with Gasteiger partial charge in [-0.25, -0.2) is 0 Å². The molecule has 3 aromatic carbocycles. The van der Waals surface area contributed by atoms with Crippen LogP contribution in [-0.4, -0.2) is 14.1 Å². The standard InChI is InChI=1S/C39H46N2S/c1-38(2,32-23-10-12-25-34(32)40-5)28-16-20-30-18-14-17-29(37(30)42-31-21-8-7-9-22-31)19-15-27-36-39(3,4)33-24-11-13-26-35(33)41(36)6/h7-13,16,19-27,40H,14-15,17-18,28H2,1-6H3/b20-16+,29-19+,36-27+. The van der Waals surface area contributed by atoms with Crippen LogP contribution in [0.3, 0.4) is 0 Å². The summed E-state index contributed by atoms with van der Waals surface area (Å²) in [6.07, 6.45) is 15.2. The van der Waals surface area contributed by atoms with Crippen molar-refractivity contribution < 1.29 is 0 Å². The van der Waals surface area contributed by atoms with E-state index >= 15 is 0 Å². The summed E-state index contributed by atoms with van der Waals surface area (Å²) in [7, 11) is 4.22. The van der Waals surface area contributed by atoms with Crippen molar-refractivity contribution in [3.05, 3.63) is 136 Å². The molecule has 0 amide bonds. The maximum absolute atomic E-state index is 3.38. The summed E-state index contributed by atoms with van der Waals surface area (Å²) >= 11 is 1.93. The van der Waals surface area contributed by atoms with Crippen LogP contribution in [0.4, 0.5) is 11.4 Å². The SMILES string of the molecule is CNc1ccccc1C(C)(C)C/C=C/C1=C(Sc2ccccc2)C(=C/C/C=C2/N(C)c3ccccc3C2(C)C)/CCC1. The van der Waals surface area contributed by atoms with Crippen LogP contribution >= 0.6 is 11.8 Å². The van der Waals surface area contributed by atoms with Gasteiger partial charge < -0.3 is 10.2 Å². The van der Waals surface area contributed by atoms with Gasteiger partial charge in [0.15, 0.2) is 0 Å². The topological polar surface area (TPSA) is 15.3 Å². The number of anilines is 2. The number of likely N-dealkylation sites (N-methyl/N-ethyl adjacent to an activating group) is 1. The highest BCUT2D eigenvalue weighted by Gasteiger charge is 2.37. The Bertz CT molecular complexity index is 1520. The minimum absolute atomic E-state index is 0.0144. The van der Waals surface area contributed by atoms with E-state index in [1.54, 1.807) is 0 Å². The van der Waals surface area contributed by atoms with Gasteiger partial charge in [0.05, 0.1) is 0 Å². The van der Waals surface area contributed by atoms with Gasteiger partial charge in [-0.2, -0.15) is 0 Å². The highest BCUT2D eigenvalue weighted by Crippen LogP contribution is 2.47. The van der Waals surface area contributed by atoms with E-state index in [-0.39, 0.29) is 10.8 Å². The van der Waals surface area contributed by atoms with Crippen molar-refractivity contribution in [1.82, 2.24) is 0 Å². The van der Waals surface area contributed by atoms with E-state index in [0.717, 1.165) is 25.7 Å². The predicted octanol–water partition coefficient (Wildman–Crippen LogP) is 10.8. The highest BCUT2D eigenvalue weighted by molar-refractivity contribution is 8.03. The first kappa shape index (κ1) is 30.0. The Morgan fingerprint density at radius 2 is 1.62 bits per heavy atom. The van der Waals surface area contributed by atoms with Crippen LogP contribution in [0.25, 0.3) is 0 Å². The molecule has 1 heterocycles. The molecule has 0 aromatic heterocycles. The average molecular weight is 575 g/mol. The number of fused-ring (bicyclic) bond motifs is 1. The molecule has 5 rings (SSSR count). The quantitative estimate of drug-likeness (QED) is 0.274.